The van der Waals surface area contributed by atoms with Crippen LogP contribution in [0.3, 0.4) is 0 Å². The number of hydrogen-bond donors (Lipinski definition) is 1. The van der Waals surface area contributed by atoms with E-state index in [1.807, 2.05) is 66.7 Å². The molecule has 0 saturated carbocycles. The van der Waals surface area contributed by atoms with Crippen LogP contribution in [0.2, 0.25) is 0 Å². The Morgan fingerprint density at radius 1 is 0.938 bits per heavy atom. The summed E-state index contributed by atoms with van der Waals surface area (Å²) in [6.45, 7) is 0.328. The fourth-order valence-electron chi connectivity index (χ4n) is 4.32. The van der Waals surface area contributed by atoms with Crippen molar-refractivity contribution in [2.24, 2.45) is 0 Å². The number of amides is 2. The highest BCUT2D eigenvalue weighted by Crippen LogP contribution is 2.42. The molecule has 6 nitrogen and oxygen atoms in total. The minimum atomic E-state index is -0.558. The van der Waals surface area contributed by atoms with Gasteiger partial charge in [0.2, 0.25) is 5.91 Å². The van der Waals surface area contributed by atoms with Gasteiger partial charge in [0.1, 0.15) is 11.5 Å². The smallest absolute Gasteiger partial charge is 0.254 e. The summed E-state index contributed by atoms with van der Waals surface area (Å²) in [6.07, 6.45) is 0. The quantitative estimate of drug-likeness (QED) is 0.644. The number of rotatable bonds is 6. The standard InChI is InChI=1S/C26H26N2O4/c1-28-24(17-12-14-19(31-2)15-13-17)23(20-9-5-6-10-21(20)26(28)30)25(29)27-16-18-8-4-7-11-22(18)32-3/h4-15,23-24H,16H2,1-3H3,(H,27,29)/t23-,24+/m0/s1. The first-order valence-corrected chi connectivity index (χ1v) is 10.4. The van der Waals surface area contributed by atoms with E-state index in [-0.39, 0.29) is 11.8 Å². The van der Waals surface area contributed by atoms with Crippen molar-refractivity contribution in [1.82, 2.24) is 10.2 Å². The van der Waals surface area contributed by atoms with Crippen molar-refractivity contribution < 1.29 is 19.1 Å². The summed E-state index contributed by atoms with van der Waals surface area (Å²) in [5.41, 5.74) is 3.04. The van der Waals surface area contributed by atoms with Crippen molar-refractivity contribution in [1.29, 1.82) is 0 Å². The van der Waals surface area contributed by atoms with E-state index in [9.17, 15) is 9.59 Å². The Bertz CT molecular complexity index is 1130. The molecule has 164 valence electrons. The summed E-state index contributed by atoms with van der Waals surface area (Å²) in [7, 11) is 4.96. The van der Waals surface area contributed by atoms with E-state index in [0.717, 1.165) is 28.2 Å². The van der Waals surface area contributed by atoms with Crippen LogP contribution in [0.25, 0.3) is 0 Å². The van der Waals surface area contributed by atoms with E-state index in [4.69, 9.17) is 9.47 Å². The third-order valence-corrected chi connectivity index (χ3v) is 5.96. The third-order valence-electron chi connectivity index (χ3n) is 5.96. The maximum Gasteiger partial charge on any atom is 0.254 e. The lowest BCUT2D eigenvalue weighted by Gasteiger charge is -2.39. The Balaban J connectivity index is 1.71. The lowest BCUT2D eigenvalue weighted by molar-refractivity contribution is -0.124. The average Bonchev–Trinajstić information content (AvgIpc) is 2.84. The van der Waals surface area contributed by atoms with Crippen LogP contribution in [0, 0.1) is 0 Å². The molecule has 2 amide bonds. The predicted octanol–water partition coefficient (Wildman–Crippen LogP) is 3.93. The minimum Gasteiger partial charge on any atom is -0.497 e. The second-order valence-electron chi connectivity index (χ2n) is 7.73. The van der Waals surface area contributed by atoms with Gasteiger partial charge in [0.05, 0.1) is 26.2 Å². The van der Waals surface area contributed by atoms with Crippen LogP contribution in [0.1, 0.15) is 39.0 Å². The molecule has 0 radical (unpaired) electrons. The van der Waals surface area contributed by atoms with Crippen molar-refractivity contribution in [3.05, 3.63) is 95.1 Å². The topological polar surface area (TPSA) is 67.9 Å². The second-order valence-corrected chi connectivity index (χ2v) is 7.73. The van der Waals surface area contributed by atoms with Crippen LogP contribution in [-0.4, -0.2) is 38.0 Å². The normalized spacial score (nSPS) is 17.5. The molecule has 0 aliphatic carbocycles. The van der Waals surface area contributed by atoms with E-state index in [1.165, 1.54) is 0 Å². The van der Waals surface area contributed by atoms with Gasteiger partial charge in [-0.25, -0.2) is 0 Å². The molecule has 3 aromatic rings. The van der Waals surface area contributed by atoms with Gasteiger partial charge in [-0.3, -0.25) is 9.59 Å². The van der Waals surface area contributed by atoms with Crippen molar-refractivity contribution in [2.45, 2.75) is 18.5 Å². The summed E-state index contributed by atoms with van der Waals surface area (Å²) < 4.78 is 10.7. The fourth-order valence-corrected chi connectivity index (χ4v) is 4.32. The minimum absolute atomic E-state index is 0.102. The molecular weight excluding hydrogens is 404 g/mol. The van der Waals surface area contributed by atoms with Gasteiger partial charge in [0, 0.05) is 24.7 Å². The average molecular weight is 431 g/mol. The van der Waals surface area contributed by atoms with Crippen molar-refractivity contribution in [3.63, 3.8) is 0 Å². The number of ether oxygens (including phenoxy) is 2. The Hall–Kier alpha value is -3.80. The monoisotopic (exact) mass is 430 g/mol. The molecule has 1 aliphatic heterocycles. The molecule has 0 fully saturated rings. The zero-order valence-electron chi connectivity index (χ0n) is 18.4. The first kappa shape index (κ1) is 21.4. The zero-order valence-corrected chi connectivity index (χ0v) is 18.4. The highest BCUT2D eigenvalue weighted by Gasteiger charge is 2.42. The number of fused-ring (bicyclic) bond motifs is 1. The molecule has 6 heteroatoms. The molecule has 1 aliphatic rings. The summed E-state index contributed by atoms with van der Waals surface area (Å²) in [5, 5.41) is 3.06. The lowest BCUT2D eigenvalue weighted by atomic mass is 9.79. The van der Waals surface area contributed by atoms with E-state index >= 15 is 0 Å². The highest BCUT2D eigenvalue weighted by molar-refractivity contribution is 6.01. The first-order valence-electron chi connectivity index (χ1n) is 10.4. The van der Waals surface area contributed by atoms with Crippen LogP contribution in [0.5, 0.6) is 11.5 Å². The summed E-state index contributed by atoms with van der Waals surface area (Å²) >= 11 is 0. The SMILES string of the molecule is COc1ccc([C@@H]2[C@@H](C(=O)NCc3ccccc3OC)c3ccccc3C(=O)N2C)cc1. The van der Waals surface area contributed by atoms with Crippen molar-refractivity contribution in [2.75, 3.05) is 21.3 Å². The number of carbonyl (C=O) groups excluding carboxylic acids is 2. The van der Waals surface area contributed by atoms with Crippen LogP contribution in [-0.2, 0) is 11.3 Å². The molecule has 0 bridgehead atoms. The van der Waals surface area contributed by atoms with Crippen LogP contribution >= 0.6 is 0 Å². The van der Waals surface area contributed by atoms with Crippen LogP contribution in [0.4, 0.5) is 0 Å². The lowest BCUT2D eigenvalue weighted by Crippen LogP contribution is -2.45. The number of benzene rings is 3. The number of methoxy groups -OCH3 is 2. The van der Waals surface area contributed by atoms with Gasteiger partial charge in [0.25, 0.3) is 5.91 Å². The molecule has 0 unspecified atom stereocenters. The van der Waals surface area contributed by atoms with Crippen LogP contribution < -0.4 is 14.8 Å². The van der Waals surface area contributed by atoms with Gasteiger partial charge >= 0.3 is 0 Å². The van der Waals surface area contributed by atoms with E-state index < -0.39 is 12.0 Å². The second kappa shape index (κ2) is 9.14. The summed E-state index contributed by atoms with van der Waals surface area (Å²) in [6, 6.07) is 22.0. The predicted molar refractivity (Wildman–Crippen MR) is 122 cm³/mol. The summed E-state index contributed by atoms with van der Waals surface area (Å²) in [5.74, 6) is 0.627. The summed E-state index contributed by atoms with van der Waals surface area (Å²) in [4.78, 5) is 28.3. The van der Waals surface area contributed by atoms with Crippen molar-refractivity contribution >= 4 is 11.8 Å². The van der Waals surface area contributed by atoms with Gasteiger partial charge in [-0.15, -0.1) is 0 Å². The molecule has 0 saturated heterocycles. The number of nitrogens with one attached hydrogen (secondary N) is 1. The Kier molecular flexibility index (Phi) is 6.12. The molecular formula is C26H26N2O4. The number of nitrogens with zero attached hydrogens (tertiary/aromatic N) is 1. The molecule has 0 spiro atoms. The number of carbonyl (C=O) groups is 2. The molecule has 2 atom stereocenters. The number of hydrogen-bond acceptors (Lipinski definition) is 4. The first-order chi connectivity index (χ1) is 15.5. The molecule has 1 N–H and O–H groups in total. The largest absolute Gasteiger partial charge is 0.497 e. The van der Waals surface area contributed by atoms with Gasteiger partial charge in [-0.05, 0) is 35.4 Å². The Morgan fingerprint density at radius 2 is 1.62 bits per heavy atom. The van der Waals surface area contributed by atoms with Gasteiger partial charge < -0.3 is 19.7 Å². The Labute approximate surface area is 187 Å². The maximum absolute atomic E-state index is 13.6. The third kappa shape index (κ3) is 3.91. The van der Waals surface area contributed by atoms with E-state index in [1.54, 1.807) is 32.2 Å². The molecule has 1 heterocycles. The fraction of sp³-hybridized carbons (Fsp3) is 0.231. The van der Waals surface area contributed by atoms with Crippen LogP contribution in [0.15, 0.2) is 72.8 Å². The number of likely N-dealkylation sites (N-methyl/N-ethyl adjacent to an activating group) is 1. The Morgan fingerprint density at radius 3 is 2.34 bits per heavy atom. The van der Waals surface area contributed by atoms with Gasteiger partial charge in [-0.1, -0.05) is 48.5 Å². The highest BCUT2D eigenvalue weighted by atomic mass is 16.5. The van der Waals surface area contributed by atoms with Gasteiger partial charge in [-0.2, -0.15) is 0 Å². The number of para-hydroxylation sites is 1. The molecule has 0 aromatic heterocycles. The van der Waals surface area contributed by atoms with Gasteiger partial charge in [0.15, 0.2) is 0 Å². The molecule has 3 aromatic carbocycles. The zero-order chi connectivity index (χ0) is 22.7. The molecule has 4 rings (SSSR count). The van der Waals surface area contributed by atoms with E-state index in [0.29, 0.717) is 12.1 Å². The maximum atomic E-state index is 13.6. The van der Waals surface area contributed by atoms with Crippen molar-refractivity contribution in [3.8, 4) is 11.5 Å². The molecule has 32 heavy (non-hydrogen) atoms. The van der Waals surface area contributed by atoms with E-state index in [2.05, 4.69) is 5.32 Å².